The SMILES string of the molecule is CCCNC(Cc1c(C)nn(C)c1Cl)c1ccn(C)n1. The van der Waals surface area contributed by atoms with E-state index >= 15 is 0 Å². The summed E-state index contributed by atoms with van der Waals surface area (Å²) in [7, 11) is 3.80. The van der Waals surface area contributed by atoms with E-state index in [1.165, 1.54) is 0 Å². The van der Waals surface area contributed by atoms with Gasteiger partial charge in [-0.1, -0.05) is 18.5 Å². The van der Waals surface area contributed by atoms with E-state index in [4.69, 9.17) is 11.6 Å². The molecule has 2 heterocycles. The van der Waals surface area contributed by atoms with Crippen molar-refractivity contribution in [2.24, 2.45) is 14.1 Å². The maximum Gasteiger partial charge on any atom is 0.130 e. The van der Waals surface area contributed by atoms with Crippen molar-refractivity contribution >= 4 is 11.6 Å². The lowest BCUT2D eigenvalue weighted by molar-refractivity contribution is 0.510. The van der Waals surface area contributed by atoms with Crippen LogP contribution >= 0.6 is 11.6 Å². The normalized spacial score (nSPS) is 12.8. The van der Waals surface area contributed by atoms with Gasteiger partial charge >= 0.3 is 0 Å². The molecule has 0 aliphatic heterocycles. The van der Waals surface area contributed by atoms with Gasteiger partial charge in [-0.15, -0.1) is 0 Å². The number of halogens is 1. The highest BCUT2D eigenvalue weighted by molar-refractivity contribution is 6.30. The molecule has 2 rings (SSSR count). The van der Waals surface area contributed by atoms with E-state index < -0.39 is 0 Å². The Bertz CT molecular complexity index is 572. The number of aromatic nitrogens is 4. The molecule has 110 valence electrons. The predicted octanol–water partition coefficient (Wildman–Crippen LogP) is 2.40. The zero-order valence-electron chi connectivity index (χ0n) is 12.5. The van der Waals surface area contributed by atoms with Gasteiger partial charge in [0.05, 0.1) is 17.4 Å². The van der Waals surface area contributed by atoms with E-state index in [1.54, 1.807) is 4.68 Å². The second kappa shape index (κ2) is 6.41. The Balaban J connectivity index is 2.23. The topological polar surface area (TPSA) is 47.7 Å². The van der Waals surface area contributed by atoms with Crippen LogP contribution in [0.1, 0.15) is 36.3 Å². The quantitative estimate of drug-likeness (QED) is 0.890. The first-order chi connectivity index (χ1) is 9.52. The number of hydrogen-bond acceptors (Lipinski definition) is 3. The van der Waals surface area contributed by atoms with Crippen molar-refractivity contribution < 1.29 is 0 Å². The molecule has 0 saturated carbocycles. The lowest BCUT2D eigenvalue weighted by atomic mass is 10.0. The Hall–Kier alpha value is -1.33. The molecule has 0 amide bonds. The van der Waals surface area contributed by atoms with Crippen LogP contribution in [0.2, 0.25) is 5.15 Å². The van der Waals surface area contributed by atoms with Crippen molar-refractivity contribution in [3.05, 3.63) is 34.4 Å². The molecule has 1 unspecified atom stereocenters. The number of nitrogens with zero attached hydrogens (tertiary/aromatic N) is 4. The van der Waals surface area contributed by atoms with E-state index in [2.05, 4.69) is 22.4 Å². The monoisotopic (exact) mass is 295 g/mol. The first-order valence-corrected chi connectivity index (χ1v) is 7.31. The van der Waals surface area contributed by atoms with Crippen LogP contribution in [0.4, 0.5) is 0 Å². The first-order valence-electron chi connectivity index (χ1n) is 6.93. The average Bonchev–Trinajstić information content (AvgIpc) is 2.93. The van der Waals surface area contributed by atoms with Gasteiger partial charge in [0.25, 0.3) is 0 Å². The Labute approximate surface area is 124 Å². The lowest BCUT2D eigenvalue weighted by Gasteiger charge is -2.16. The maximum absolute atomic E-state index is 6.33. The van der Waals surface area contributed by atoms with Gasteiger partial charge in [-0.2, -0.15) is 10.2 Å². The summed E-state index contributed by atoms with van der Waals surface area (Å²) < 4.78 is 3.55. The lowest BCUT2D eigenvalue weighted by Crippen LogP contribution is -2.25. The number of nitrogens with one attached hydrogen (secondary N) is 1. The Morgan fingerprint density at radius 3 is 2.60 bits per heavy atom. The van der Waals surface area contributed by atoms with Crippen LogP contribution in [-0.4, -0.2) is 26.1 Å². The van der Waals surface area contributed by atoms with Gasteiger partial charge in [-0.25, -0.2) is 0 Å². The fourth-order valence-electron chi connectivity index (χ4n) is 2.33. The molecule has 0 fully saturated rings. The van der Waals surface area contributed by atoms with Crippen LogP contribution < -0.4 is 5.32 Å². The summed E-state index contributed by atoms with van der Waals surface area (Å²) in [5, 5.41) is 13.1. The van der Waals surface area contributed by atoms with Crippen LogP contribution in [-0.2, 0) is 20.5 Å². The molecule has 1 atom stereocenters. The molecule has 0 aliphatic rings. The van der Waals surface area contributed by atoms with E-state index in [-0.39, 0.29) is 6.04 Å². The molecular formula is C14H22ClN5. The summed E-state index contributed by atoms with van der Waals surface area (Å²) in [6.07, 6.45) is 3.85. The molecule has 20 heavy (non-hydrogen) atoms. The van der Waals surface area contributed by atoms with Crippen molar-refractivity contribution in [1.29, 1.82) is 0 Å². The van der Waals surface area contributed by atoms with Crippen LogP contribution in [0.15, 0.2) is 12.3 Å². The minimum atomic E-state index is 0.163. The summed E-state index contributed by atoms with van der Waals surface area (Å²) >= 11 is 6.33. The third kappa shape index (κ3) is 3.22. The Kier molecular flexibility index (Phi) is 4.83. The summed E-state index contributed by atoms with van der Waals surface area (Å²) in [6, 6.07) is 2.21. The van der Waals surface area contributed by atoms with Gasteiger partial charge in [-0.05, 0) is 32.4 Å². The molecular weight excluding hydrogens is 274 g/mol. The van der Waals surface area contributed by atoms with Gasteiger partial charge in [0.2, 0.25) is 0 Å². The van der Waals surface area contributed by atoms with E-state index in [1.807, 2.05) is 38.0 Å². The molecule has 5 nitrogen and oxygen atoms in total. The summed E-state index contributed by atoms with van der Waals surface area (Å²) in [5.74, 6) is 0. The predicted molar refractivity (Wildman–Crippen MR) is 80.9 cm³/mol. The minimum absolute atomic E-state index is 0.163. The molecule has 0 aromatic carbocycles. The van der Waals surface area contributed by atoms with Crippen molar-refractivity contribution in [3.63, 3.8) is 0 Å². The average molecular weight is 296 g/mol. The molecule has 0 radical (unpaired) electrons. The second-order valence-corrected chi connectivity index (χ2v) is 5.46. The van der Waals surface area contributed by atoms with Crippen molar-refractivity contribution in [2.45, 2.75) is 32.7 Å². The first kappa shape index (κ1) is 15.1. The highest BCUT2D eigenvalue weighted by Crippen LogP contribution is 2.25. The second-order valence-electron chi connectivity index (χ2n) is 5.10. The number of hydrogen-bond donors (Lipinski definition) is 1. The van der Waals surface area contributed by atoms with Gasteiger partial charge in [-0.3, -0.25) is 9.36 Å². The zero-order valence-corrected chi connectivity index (χ0v) is 13.3. The highest BCUT2D eigenvalue weighted by atomic mass is 35.5. The summed E-state index contributed by atoms with van der Waals surface area (Å²) in [4.78, 5) is 0. The molecule has 2 aromatic heterocycles. The van der Waals surface area contributed by atoms with Crippen molar-refractivity contribution in [2.75, 3.05) is 6.54 Å². The minimum Gasteiger partial charge on any atom is -0.308 e. The summed E-state index contributed by atoms with van der Waals surface area (Å²) in [6.45, 7) is 5.11. The van der Waals surface area contributed by atoms with Gasteiger partial charge in [0.15, 0.2) is 0 Å². The van der Waals surface area contributed by atoms with Crippen LogP contribution in [0.5, 0.6) is 0 Å². The van der Waals surface area contributed by atoms with Crippen LogP contribution in [0.3, 0.4) is 0 Å². The number of aryl methyl sites for hydroxylation is 3. The van der Waals surface area contributed by atoms with Crippen LogP contribution in [0, 0.1) is 6.92 Å². The highest BCUT2D eigenvalue weighted by Gasteiger charge is 2.19. The van der Waals surface area contributed by atoms with E-state index in [9.17, 15) is 0 Å². The smallest absolute Gasteiger partial charge is 0.130 e. The van der Waals surface area contributed by atoms with Crippen molar-refractivity contribution in [1.82, 2.24) is 24.9 Å². The molecule has 1 N–H and O–H groups in total. The fraction of sp³-hybridized carbons (Fsp3) is 0.571. The molecule has 0 aliphatic carbocycles. The molecule has 2 aromatic rings. The maximum atomic E-state index is 6.33. The fourth-order valence-corrected chi connectivity index (χ4v) is 2.58. The number of rotatable bonds is 6. The molecule has 0 saturated heterocycles. The van der Waals surface area contributed by atoms with Crippen molar-refractivity contribution in [3.8, 4) is 0 Å². The van der Waals surface area contributed by atoms with E-state index in [0.29, 0.717) is 5.15 Å². The molecule has 0 bridgehead atoms. The standard InChI is InChI=1S/C14H22ClN5/c1-5-7-16-13(12-6-8-19(3)18-12)9-11-10(2)17-20(4)14(11)15/h6,8,13,16H,5,7,9H2,1-4H3. The Morgan fingerprint density at radius 1 is 1.35 bits per heavy atom. The van der Waals surface area contributed by atoms with Gasteiger partial charge in [0, 0.05) is 25.9 Å². The molecule has 6 heteroatoms. The third-order valence-electron chi connectivity index (χ3n) is 3.41. The van der Waals surface area contributed by atoms with Gasteiger partial charge in [0.1, 0.15) is 5.15 Å². The zero-order chi connectivity index (χ0) is 14.7. The summed E-state index contributed by atoms with van der Waals surface area (Å²) in [5.41, 5.74) is 3.12. The van der Waals surface area contributed by atoms with E-state index in [0.717, 1.165) is 36.3 Å². The van der Waals surface area contributed by atoms with Crippen LogP contribution in [0.25, 0.3) is 0 Å². The largest absolute Gasteiger partial charge is 0.308 e. The Morgan fingerprint density at radius 2 is 2.10 bits per heavy atom. The van der Waals surface area contributed by atoms with Gasteiger partial charge < -0.3 is 5.32 Å². The molecule has 0 spiro atoms. The third-order valence-corrected chi connectivity index (χ3v) is 3.88.